The van der Waals surface area contributed by atoms with Crippen molar-refractivity contribution in [3.05, 3.63) is 52.2 Å². The minimum Gasteiger partial charge on any atom is -0.394 e. The second-order valence-corrected chi connectivity index (χ2v) is 8.69. The van der Waals surface area contributed by atoms with Gasteiger partial charge in [-0.2, -0.15) is 11.3 Å². The van der Waals surface area contributed by atoms with Crippen molar-refractivity contribution in [3.8, 4) is 0 Å². The number of nitrogens with one attached hydrogen (secondary N) is 1. The topological polar surface area (TPSA) is 89.8 Å². The Kier molecular flexibility index (Phi) is 8.83. The zero-order chi connectivity index (χ0) is 19.0. The van der Waals surface area contributed by atoms with E-state index in [2.05, 4.69) is 19.2 Å². The Hall–Kier alpha value is -1.17. The summed E-state index contributed by atoms with van der Waals surface area (Å²) in [6.45, 7) is 7.74. The van der Waals surface area contributed by atoms with Crippen LogP contribution in [0.1, 0.15) is 56.9 Å². The van der Waals surface area contributed by atoms with Gasteiger partial charge in [0.05, 0.1) is 0 Å². The van der Waals surface area contributed by atoms with Gasteiger partial charge in [-0.25, -0.2) is 0 Å². The molecule has 2 aromatic rings. The van der Waals surface area contributed by atoms with Gasteiger partial charge in [-0.05, 0) is 66.3 Å². The van der Waals surface area contributed by atoms with E-state index in [0.717, 1.165) is 6.42 Å². The van der Waals surface area contributed by atoms with E-state index in [1.807, 2.05) is 29.6 Å². The van der Waals surface area contributed by atoms with E-state index in [1.54, 1.807) is 25.3 Å². The van der Waals surface area contributed by atoms with Crippen LogP contribution in [0.5, 0.6) is 0 Å². The van der Waals surface area contributed by atoms with Gasteiger partial charge >= 0.3 is 7.60 Å². The van der Waals surface area contributed by atoms with Gasteiger partial charge in [0.2, 0.25) is 0 Å². The minimum absolute atomic E-state index is 0.167. The van der Waals surface area contributed by atoms with Crippen LogP contribution in [0.2, 0.25) is 0 Å². The molecule has 0 aliphatic heterocycles. The second-order valence-electron chi connectivity index (χ2n) is 6.22. The smallest absolute Gasteiger partial charge is 0.352 e. The number of aliphatic hydroxyl groups is 1. The molecule has 0 aliphatic rings. The molecule has 0 saturated carbocycles. The van der Waals surface area contributed by atoms with E-state index < -0.39 is 13.4 Å². The van der Waals surface area contributed by atoms with Crippen LogP contribution in [0, 0.1) is 0 Å². The lowest BCUT2D eigenvalue weighted by atomic mass is 9.99. The van der Waals surface area contributed by atoms with Gasteiger partial charge in [0.25, 0.3) is 0 Å². The lowest BCUT2D eigenvalue weighted by molar-refractivity contribution is 0.216. The number of rotatable bonds is 6. The summed E-state index contributed by atoms with van der Waals surface area (Å²) >= 11 is 1.42. The Labute approximate surface area is 153 Å². The number of hydrogen-bond donors (Lipinski definition) is 4. The standard InChI is InChI=1S/C15H20NO3PS.C3H8O/c1-3-11(2)12-4-6-14(7-5-12)16-15(20(17,18)19)13-8-9-21-10-13;1-3(2)4/h4-11,15-16H,3H2,1-2H3,(H2,17,18,19);3-4H,1-2H3. The summed E-state index contributed by atoms with van der Waals surface area (Å²) in [4.78, 5) is 19.1. The molecule has 0 saturated heterocycles. The predicted molar refractivity (Wildman–Crippen MR) is 105 cm³/mol. The van der Waals surface area contributed by atoms with Gasteiger partial charge in [-0.1, -0.05) is 26.0 Å². The van der Waals surface area contributed by atoms with Gasteiger partial charge in [0.15, 0.2) is 5.78 Å². The molecule has 1 heterocycles. The molecule has 2 unspecified atom stereocenters. The van der Waals surface area contributed by atoms with Crippen LogP contribution in [0.15, 0.2) is 41.1 Å². The summed E-state index contributed by atoms with van der Waals surface area (Å²) in [5, 5.41) is 14.6. The molecule has 2 atom stereocenters. The zero-order valence-electron chi connectivity index (χ0n) is 15.1. The van der Waals surface area contributed by atoms with Crippen LogP contribution < -0.4 is 5.32 Å². The van der Waals surface area contributed by atoms with Crippen LogP contribution in [0.3, 0.4) is 0 Å². The highest BCUT2D eigenvalue weighted by molar-refractivity contribution is 7.52. The molecule has 0 spiro atoms. The van der Waals surface area contributed by atoms with Gasteiger partial charge < -0.3 is 20.2 Å². The van der Waals surface area contributed by atoms with E-state index in [-0.39, 0.29) is 6.10 Å². The van der Waals surface area contributed by atoms with Crippen molar-refractivity contribution in [2.45, 2.75) is 51.9 Å². The third kappa shape index (κ3) is 7.72. The van der Waals surface area contributed by atoms with Crippen molar-refractivity contribution in [1.29, 1.82) is 0 Å². The largest absolute Gasteiger partial charge is 0.394 e. The number of hydrogen-bond acceptors (Lipinski definition) is 4. The quantitative estimate of drug-likeness (QED) is 0.529. The predicted octanol–water partition coefficient (Wildman–Crippen LogP) is 4.94. The van der Waals surface area contributed by atoms with E-state index in [1.165, 1.54) is 16.9 Å². The highest BCUT2D eigenvalue weighted by Gasteiger charge is 2.30. The first-order valence-electron chi connectivity index (χ1n) is 8.27. The molecule has 1 aromatic carbocycles. The molecule has 4 N–H and O–H groups in total. The van der Waals surface area contributed by atoms with Gasteiger partial charge in [0.1, 0.15) is 0 Å². The Bertz CT molecular complexity index is 649. The van der Waals surface area contributed by atoms with E-state index in [0.29, 0.717) is 17.2 Å². The lowest BCUT2D eigenvalue weighted by Gasteiger charge is -2.20. The number of thiophene rings is 1. The van der Waals surface area contributed by atoms with Crippen molar-refractivity contribution < 1.29 is 19.5 Å². The van der Waals surface area contributed by atoms with Gasteiger partial charge in [-0.3, -0.25) is 4.57 Å². The van der Waals surface area contributed by atoms with Crippen LogP contribution in [-0.4, -0.2) is 21.0 Å². The van der Waals surface area contributed by atoms with Gasteiger partial charge in [0, 0.05) is 11.8 Å². The fourth-order valence-electron chi connectivity index (χ4n) is 2.09. The summed E-state index contributed by atoms with van der Waals surface area (Å²) in [7, 11) is -4.27. The normalized spacial score (nSPS) is 13.8. The van der Waals surface area contributed by atoms with Crippen molar-refractivity contribution in [3.63, 3.8) is 0 Å². The van der Waals surface area contributed by atoms with E-state index in [4.69, 9.17) is 5.11 Å². The Morgan fingerprint density at radius 3 is 2.04 bits per heavy atom. The van der Waals surface area contributed by atoms with Crippen molar-refractivity contribution >= 4 is 24.6 Å². The molecule has 2 rings (SSSR count). The number of benzene rings is 1. The molecule has 0 aliphatic carbocycles. The second kappa shape index (κ2) is 10.1. The molecular formula is C18H28NO4PS. The highest BCUT2D eigenvalue weighted by atomic mass is 32.1. The molecule has 0 bridgehead atoms. The molecule has 0 amide bonds. The summed E-state index contributed by atoms with van der Waals surface area (Å²) in [5.41, 5.74) is 2.55. The average molecular weight is 385 g/mol. The summed E-state index contributed by atoms with van der Waals surface area (Å²) < 4.78 is 11.7. The van der Waals surface area contributed by atoms with Crippen LogP contribution >= 0.6 is 18.9 Å². The van der Waals surface area contributed by atoms with Crippen molar-refractivity contribution in [1.82, 2.24) is 0 Å². The summed E-state index contributed by atoms with van der Waals surface area (Å²) in [6.07, 6.45) is 0.896. The Morgan fingerprint density at radius 2 is 1.64 bits per heavy atom. The summed E-state index contributed by atoms with van der Waals surface area (Å²) in [6, 6.07) is 9.48. The molecular weight excluding hydrogens is 357 g/mol. The third-order valence-electron chi connectivity index (χ3n) is 3.59. The SMILES string of the molecule is CC(C)O.CCC(C)c1ccc(NC(c2ccsc2)P(=O)(O)O)cc1. The molecule has 0 fully saturated rings. The van der Waals surface area contributed by atoms with Crippen molar-refractivity contribution in [2.75, 3.05) is 5.32 Å². The molecule has 1 aromatic heterocycles. The first-order valence-corrected chi connectivity index (χ1v) is 10.9. The molecule has 5 nitrogen and oxygen atoms in total. The molecule has 140 valence electrons. The van der Waals surface area contributed by atoms with Crippen LogP contribution in [-0.2, 0) is 4.57 Å². The van der Waals surface area contributed by atoms with Crippen LogP contribution in [0.25, 0.3) is 0 Å². The fraction of sp³-hybridized carbons (Fsp3) is 0.444. The lowest BCUT2D eigenvalue weighted by Crippen LogP contribution is -2.10. The molecule has 7 heteroatoms. The van der Waals surface area contributed by atoms with E-state index in [9.17, 15) is 14.4 Å². The minimum atomic E-state index is -4.27. The first kappa shape index (κ1) is 21.9. The highest BCUT2D eigenvalue weighted by Crippen LogP contribution is 2.52. The molecule has 25 heavy (non-hydrogen) atoms. The van der Waals surface area contributed by atoms with E-state index >= 15 is 0 Å². The number of anilines is 1. The van der Waals surface area contributed by atoms with Gasteiger partial charge in [-0.15, -0.1) is 0 Å². The van der Waals surface area contributed by atoms with Crippen molar-refractivity contribution in [2.24, 2.45) is 0 Å². The maximum Gasteiger partial charge on any atom is 0.352 e. The van der Waals surface area contributed by atoms with Crippen LogP contribution in [0.4, 0.5) is 5.69 Å². The first-order chi connectivity index (χ1) is 11.6. The Morgan fingerprint density at radius 1 is 1.08 bits per heavy atom. The zero-order valence-corrected chi connectivity index (χ0v) is 16.8. The summed E-state index contributed by atoms with van der Waals surface area (Å²) in [5.74, 6) is -0.522. The monoisotopic (exact) mass is 385 g/mol. The average Bonchev–Trinajstić information content (AvgIpc) is 3.04. The molecule has 0 radical (unpaired) electrons. The maximum atomic E-state index is 11.7. The third-order valence-corrected chi connectivity index (χ3v) is 5.39. The Balaban J connectivity index is 0.000000705. The number of aliphatic hydroxyl groups excluding tert-OH is 1. The fourth-order valence-corrected chi connectivity index (χ4v) is 3.75. The maximum absolute atomic E-state index is 11.7.